The van der Waals surface area contributed by atoms with Gasteiger partial charge >= 0.3 is 5.97 Å². The zero-order valence-corrected chi connectivity index (χ0v) is 10.9. The molecular weight excluding hydrogens is 230 g/mol. The fraction of sp³-hybridized carbons (Fsp3) is 0.714. The highest BCUT2D eigenvalue weighted by Gasteiger charge is 2.13. The second-order valence-corrected chi connectivity index (χ2v) is 4.88. The number of carboxylic acids is 1. The van der Waals surface area contributed by atoms with Gasteiger partial charge in [-0.25, -0.2) is 0 Å². The number of carboxylic acid groups (broad SMARTS) is 1. The lowest BCUT2D eigenvalue weighted by Gasteiger charge is -2.08. The number of carbonyl (C=O) groups excluding carboxylic acids is 1. The molecule has 0 aromatic heterocycles. The van der Waals surface area contributed by atoms with E-state index in [0.717, 1.165) is 38.5 Å². The maximum absolute atomic E-state index is 11.6. The summed E-state index contributed by atoms with van der Waals surface area (Å²) in [5.41, 5.74) is 0. The molecule has 0 saturated heterocycles. The number of hydrogen-bond acceptors (Lipinski definition) is 2. The minimum absolute atomic E-state index is 0.136. The molecule has 0 fully saturated rings. The van der Waals surface area contributed by atoms with Crippen LogP contribution in [0, 0.1) is 5.92 Å². The van der Waals surface area contributed by atoms with Crippen LogP contribution < -0.4 is 5.32 Å². The fourth-order valence-electron chi connectivity index (χ4n) is 2.16. The van der Waals surface area contributed by atoms with Crippen molar-refractivity contribution >= 4 is 11.9 Å². The summed E-state index contributed by atoms with van der Waals surface area (Å²) in [6, 6.07) is 0. The number of aliphatic carboxylic acids is 1. The second-order valence-electron chi connectivity index (χ2n) is 4.88. The van der Waals surface area contributed by atoms with E-state index >= 15 is 0 Å². The van der Waals surface area contributed by atoms with Gasteiger partial charge in [-0.05, 0) is 31.6 Å². The molecule has 1 aliphatic carbocycles. The molecule has 1 amide bonds. The van der Waals surface area contributed by atoms with Gasteiger partial charge in [-0.2, -0.15) is 0 Å². The number of rotatable bonds is 9. The van der Waals surface area contributed by atoms with Crippen LogP contribution in [0.4, 0.5) is 0 Å². The number of unbranched alkanes of at least 4 members (excludes halogenated alkanes) is 3. The lowest BCUT2D eigenvalue weighted by molar-refractivity contribution is -0.137. The predicted octanol–water partition coefficient (Wildman–Crippen LogP) is 2.49. The van der Waals surface area contributed by atoms with Gasteiger partial charge in [0.15, 0.2) is 0 Å². The predicted molar refractivity (Wildman–Crippen MR) is 70.2 cm³/mol. The first kappa shape index (κ1) is 14.7. The van der Waals surface area contributed by atoms with Crippen LogP contribution in [0.2, 0.25) is 0 Å². The van der Waals surface area contributed by atoms with E-state index in [4.69, 9.17) is 5.11 Å². The summed E-state index contributed by atoms with van der Waals surface area (Å²) >= 11 is 0. The molecule has 0 saturated carbocycles. The Morgan fingerprint density at radius 3 is 2.67 bits per heavy atom. The lowest BCUT2D eigenvalue weighted by Crippen LogP contribution is -2.25. The number of allylic oxidation sites excluding steroid dienone is 2. The van der Waals surface area contributed by atoms with Crippen LogP contribution in [0.5, 0.6) is 0 Å². The van der Waals surface area contributed by atoms with E-state index in [1.165, 1.54) is 0 Å². The van der Waals surface area contributed by atoms with Gasteiger partial charge < -0.3 is 10.4 Å². The van der Waals surface area contributed by atoms with E-state index in [2.05, 4.69) is 17.5 Å². The number of amides is 1. The molecule has 4 nitrogen and oxygen atoms in total. The topological polar surface area (TPSA) is 66.4 Å². The summed E-state index contributed by atoms with van der Waals surface area (Å²) in [6.45, 7) is 0.711. The Hall–Kier alpha value is -1.32. The molecule has 0 aromatic rings. The van der Waals surface area contributed by atoms with Crippen molar-refractivity contribution in [1.29, 1.82) is 0 Å². The van der Waals surface area contributed by atoms with Crippen molar-refractivity contribution in [2.45, 2.75) is 51.4 Å². The molecule has 0 bridgehead atoms. The van der Waals surface area contributed by atoms with Gasteiger partial charge in [0.25, 0.3) is 0 Å². The third kappa shape index (κ3) is 7.09. The maximum atomic E-state index is 11.6. The van der Waals surface area contributed by atoms with Gasteiger partial charge in [-0.3, -0.25) is 9.59 Å². The first-order valence-electron chi connectivity index (χ1n) is 6.83. The highest BCUT2D eigenvalue weighted by atomic mass is 16.4. The Balaban J connectivity index is 1.89. The zero-order valence-electron chi connectivity index (χ0n) is 10.9. The van der Waals surface area contributed by atoms with Crippen LogP contribution in [0.1, 0.15) is 51.4 Å². The molecule has 18 heavy (non-hydrogen) atoms. The van der Waals surface area contributed by atoms with Gasteiger partial charge in [0, 0.05) is 19.4 Å². The minimum atomic E-state index is -0.729. The molecule has 1 aliphatic rings. The van der Waals surface area contributed by atoms with Crippen molar-refractivity contribution in [3.63, 3.8) is 0 Å². The molecule has 1 unspecified atom stereocenters. The van der Waals surface area contributed by atoms with Gasteiger partial charge in [-0.1, -0.05) is 25.0 Å². The van der Waals surface area contributed by atoms with Crippen molar-refractivity contribution < 1.29 is 14.7 Å². The second kappa shape index (κ2) is 8.72. The van der Waals surface area contributed by atoms with Crippen LogP contribution in [-0.4, -0.2) is 23.5 Å². The van der Waals surface area contributed by atoms with Crippen molar-refractivity contribution in [3.8, 4) is 0 Å². The minimum Gasteiger partial charge on any atom is -0.481 e. The average molecular weight is 253 g/mol. The van der Waals surface area contributed by atoms with E-state index in [-0.39, 0.29) is 12.3 Å². The Morgan fingerprint density at radius 2 is 2.00 bits per heavy atom. The Kier molecular flexibility index (Phi) is 7.14. The van der Waals surface area contributed by atoms with E-state index in [9.17, 15) is 9.59 Å². The molecule has 1 rings (SSSR count). The number of hydrogen-bond donors (Lipinski definition) is 2. The van der Waals surface area contributed by atoms with Crippen molar-refractivity contribution in [2.75, 3.05) is 6.54 Å². The van der Waals surface area contributed by atoms with E-state index in [1.807, 2.05) is 0 Å². The SMILES string of the molecule is O=C(O)CCCCCCNC(=O)CC1C=CCC1. The average Bonchev–Trinajstić information content (AvgIpc) is 2.80. The molecule has 102 valence electrons. The molecule has 1 atom stereocenters. The van der Waals surface area contributed by atoms with E-state index < -0.39 is 5.97 Å². The van der Waals surface area contributed by atoms with Gasteiger partial charge in [-0.15, -0.1) is 0 Å². The van der Waals surface area contributed by atoms with E-state index in [0.29, 0.717) is 18.9 Å². The Labute approximate surface area is 108 Å². The largest absolute Gasteiger partial charge is 0.481 e. The van der Waals surface area contributed by atoms with Crippen LogP contribution in [0.15, 0.2) is 12.2 Å². The number of nitrogens with one attached hydrogen (secondary N) is 1. The van der Waals surface area contributed by atoms with Crippen LogP contribution in [0.3, 0.4) is 0 Å². The lowest BCUT2D eigenvalue weighted by atomic mass is 10.1. The van der Waals surface area contributed by atoms with Crippen molar-refractivity contribution in [3.05, 3.63) is 12.2 Å². The zero-order chi connectivity index (χ0) is 13.2. The summed E-state index contributed by atoms with van der Waals surface area (Å²) < 4.78 is 0. The highest BCUT2D eigenvalue weighted by molar-refractivity contribution is 5.76. The first-order chi connectivity index (χ1) is 8.68. The summed E-state index contributed by atoms with van der Waals surface area (Å²) in [7, 11) is 0. The standard InChI is InChI=1S/C14H23NO3/c16-13(11-12-7-4-5-8-12)15-10-6-2-1-3-9-14(17)18/h4,7,12H,1-3,5-6,8-11H2,(H,15,16)(H,17,18). The number of carbonyl (C=O) groups is 2. The van der Waals surface area contributed by atoms with Crippen LogP contribution in [0.25, 0.3) is 0 Å². The summed E-state index contributed by atoms with van der Waals surface area (Å²) in [6.07, 6.45) is 10.9. The van der Waals surface area contributed by atoms with Crippen LogP contribution >= 0.6 is 0 Å². The molecule has 0 aliphatic heterocycles. The molecule has 2 N–H and O–H groups in total. The van der Waals surface area contributed by atoms with Crippen LogP contribution in [-0.2, 0) is 9.59 Å². The molecule has 0 heterocycles. The van der Waals surface area contributed by atoms with Gasteiger partial charge in [0.2, 0.25) is 5.91 Å². The quantitative estimate of drug-likeness (QED) is 0.490. The smallest absolute Gasteiger partial charge is 0.303 e. The van der Waals surface area contributed by atoms with Gasteiger partial charge in [0.1, 0.15) is 0 Å². The third-order valence-electron chi connectivity index (χ3n) is 3.20. The normalized spacial score (nSPS) is 17.9. The summed E-state index contributed by atoms with van der Waals surface area (Å²) in [5, 5.41) is 11.4. The monoisotopic (exact) mass is 253 g/mol. The summed E-state index contributed by atoms with van der Waals surface area (Å²) in [4.78, 5) is 21.8. The maximum Gasteiger partial charge on any atom is 0.303 e. The molecule has 4 heteroatoms. The van der Waals surface area contributed by atoms with E-state index in [1.54, 1.807) is 0 Å². The highest BCUT2D eigenvalue weighted by Crippen LogP contribution is 2.19. The first-order valence-corrected chi connectivity index (χ1v) is 6.83. The Bertz CT molecular complexity index is 299. The van der Waals surface area contributed by atoms with Crippen molar-refractivity contribution in [2.24, 2.45) is 5.92 Å². The van der Waals surface area contributed by atoms with Gasteiger partial charge in [0.05, 0.1) is 0 Å². The summed E-state index contributed by atoms with van der Waals surface area (Å²) in [5.74, 6) is -0.162. The fourth-order valence-corrected chi connectivity index (χ4v) is 2.16. The molecule has 0 aromatic carbocycles. The molecular formula is C14H23NO3. The third-order valence-corrected chi connectivity index (χ3v) is 3.20. The molecule has 0 radical (unpaired) electrons. The Morgan fingerprint density at radius 1 is 1.22 bits per heavy atom. The molecule has 0 spiro atoms. The van der Waals surface area contributed by atoms with Crippen molar-refractivity contribution in [1.82, 2.24) is 5.32 Å².